The van der Waals surface area contributed by atoms with E-state index in [0.717, 1.165) is 30.0 Å². The summed E-state index contributed by atoms with van der Waals surface area (Å²) in [7, 11) is 0. The molecule has 21 heavy (non-hydrogen) atoms. The Hall–Kier alpha value is -2.36. The minimum Gasteiger partial charge on any atom is -0.376 e. The van der Waals surface area contributed by atoms with E-state index in [0.29, 0.717) is 6.54 Å². The highest BCUT2D eigenvalue weighted by Gasteiger charge is 2.09. The molecule has 108 valence electrons. The van der Waals surface area contributed by atoms with Crippen molar-refractivity contribution in [2.45, 2.75) is 33.4 Å². The number of hydrogen-bond donors (Lipinski definition) is 1. The highest BCUT2D eigenvalue weighted by atomic mass is 15.1. The van der Waals surface area contributed by atoms with Crippen LogP contribution in [0.1, 0.15) is 24.7 Å². The number of hydrogen-bond acceptors (Lipinski definition) is 3. The van der Waals surface area contributed by atoms with Gasteiger partial charge in [-0.2, -0.15) is 0 Å². The number of anilines is 1. The third-order valence-corrected chi connectivity index (χ3v) is 3.66. The van der Waals surface area contributed by atoms with Crippen molar-refractivity contribution in [3.05, 3.63) is 54.1 Å². The Morgan fingerprint density at radius 2 is 2.05 bits per heavy atom. The van der Waals surface area contributed by atoms with Crippen LogP contribution in [0.25, 0.3) is 11.0 Å². The van der Waals surface area contributed by atoms with Crippen molar-refractivity contribution in [2.75, 3.05) is 5.32 Å². The maximum absolute atomic E-state index is 4.76. The van der Waals surface area contributed by atoms with Crippen molar-refractivity contribution >= 4 is 16.7 Å². The van der Waals surface area contributed by atoms with Crippen molar-refractivity contribution in [3.63, 3.8) is 0 Å². The molecule has 2 aromatic heterocycles. The Bertz CT molecular complexity index is 745. The van der Waals surface area contributed by atoms with Crippen molar-refractivity contribution in [1.29, 1.82) is 0 Å². The van der Waals surface area contributed by atoms with Gasteiger partial charge in [0.05, 0.1) is 29.5 Å². The lowest BCUT2D eigenvalue weighted by atomic mass is 10.2. The van der Waals surface area contributed by atoms with Gasteiger partial charge < -0.3 is 9.88 Å². The fourth-order valence-electron chi connectivity index (χ4n) is 2.56. The maximum Gasteiger partial charge on any atom is 0.129 e. The number of aromatic nitrogens is 3. The fraction of sp³-hybridized carbons (Fsp3) is 0.294. The quantitative estimate of drug-likeness (QED) is 0.773. The third kappa shape index (κ3) is 2.75. The fourth-order valence-corrected chi connectivity index (χ4v) is 2.56. The summed E-state index contributed by atoms with van der Waals surface area (Å²) >= 11 is 0. The summed E-state index contributed by atoms with van der Waals surface area (Å²) in [6.07, 6.45) is 4.77. The number of nitrogens with one attached hydrogen (secondary N) is 1. The Labute approximate surface area is 124 Å². The van der Waals surface area contributed by atoms with E-state index in [1.54, 1.807) is 0 Å². The summed E-state index contributed by atoms with van der Waals surface area (Å²) in [5, 5.41) is 3.44. The first-order valence-electron chi connectivity index (χ1n) is 7.38. The lowest BCUT2D eigenvalue weighted by Crippen LogP contribution is -2.09. The standard InChI is InChI=1S/C17H20N4/c1-3-10-21-16-7-5-4-6-14(16)20-17(21)12-19-15-11-18-9-8-13(15)2/h4-9,11,19H,3,10,12H2,1-2H3. The molecule has 4 heteroatoms. The molecular formula is C17H20N4. The second-order valence-corrected chi connectivity index (χ2v) is 5.21. The molecule has 0 saturated heterocycles. The van der Waals surface area contributed by atoms with Gasteiger partial charge in [0.2, 0.25) is 0 Å². The van der Waals surface area contributed by atoms with Gasteiger partial charge in [-0.15, -0.1) is 0 Å². The van der Waals surface area contributed by atoms with Crippen molar-refractivity contribution in [1.82, 2.24) is 14.5 Å². The van der Waals surface area contributed by atoms with Gasteiger partial charge in [-0.05, 0) is 37.1 Å². The Morgan fingerprint density at radius 3 is 2.86 bits per heavy atom. The predicted octanol–water partition coefficient (Wildman–Crippen LogP) is 3.76. The van der Waals surface area contributed by atoms with Crippen LogP contribution in [-0.4, -0.2) is 14.5 Å². The molecule has 0 aliphatic carbocycles. The zero-order valence-electron chi connectivity index (χ0n) is 12.5. The maximum atomic E-state index is 4.76. The molecule has 0 fully saturated rings. The number of benzene rings is 1. The molecule has 2 heterocycles. The second-order valence-electron chi connectivity index (χ2n) is 5.21. The Morgan fingerprint density at radius 1 is 1.19 bits per heavy atom. The number of pyridine rings is 1. The normalized spacial score (nSPS) is 11.0. The number of rotatable bonds is 5. The van der Waals surface area contributed by atoms with E-state index >= 15 is 0 Å². The molecule has 0 aliphatic heterocycles. The molecule has 3 aromatic rings. The van der Waals surface area contributed by atoms with Crippen LogP contribution in [0.5, 0.6) is 0 Å². The molecule has 0 amide bonds. The van der Waals surface area contributed by atoms with Crippen molar-refractivity contribution in [3.8, 4) is 0 Å². The first kappa shape index (κ1) is 13.6. The lowest BCUT2D eigenvalue weighted by molar-refractivity contribution is 0.661. The molecule has 4 nitrogen and oxygen atoms in total. The van der Waals surface area contributed by atoms with Crippen LogP contribution in [0.4, 0.5) is 5.69 Å². The molecule has 0 atom stereocenters. The van der Waals surface area contributed by atoms with Crippen LogP contribution >= 0.6 is 0 Å². The van der Waals surface area contributed by atoms with Gasteiger partial charge in [-0.1, -0.05) is 19.1 Å². The summed E-state index contributed by atoms with van der Waals surface area (Å²) in [6.45, 7) is 5.97. The molecule has 0 radical (unpaired) electrons. The van der Waals surface area contributed by atoms with Gasteiger partial charge in [0, 0.05) is 12.7 Å². The molecule has 0 saturated carbocycles. The van der Waals surface area contributed by atoms with Crippen LogP contribution in [0.3, 0.4) is 0 Å². The minimum atomic E-state index is 0.710. The van der Waals surface area contributed by atoms with Gasteiger partial charge in [0.1, 0.15) is 5.82 Å². The number of aryl methyl sites for hydroxylation is 2. The molecule has 1 aromatic carbocycles. The minimum absolute atomic E-state index is 0.710. The predicted molar refractivity (Wildman–Crippen MR) is 86.3 cm³/mol. The van der Waals surface area contributed by atoms with Crippen LogP contribution in [-0.2, 0) is 13.1 Å². The van der Waals surface area contributed by atoms with E-state index in [9.17, 15) is 0 Å². The molecule has 0 unspecified atom stereocenters. The van der Waals surface area contributed by atoms with Gasteiger partial charge in [0.15, 0.2) is 0 Å². The summed E-state index contributed by atoms with van der Waals surface area (Å²) in [5.74, 6) is 1.07. The van der Waals surface area contributed by atoms with Gasteiger partial charge in [-0.25, -0.2) is 4.98 Å². The average molecular weight is 280 g/mol. The summed E-state index contributed by atoms with van der Waals surface area (Å²) in [5.41, 5.74) is 4.53. The molecule has 0 aliphatic rings. The van der Waals surface area contributed by atoms with E-state index in [-0.39, 0.29) is 0 Å². The van der Waals surface area contributed by atoms with Crippen molar-refractivity contribution in [2.24, 2.45) is 0 Å². The SMILES string of the molecule is CCCn1c(CNc2cnccc2C)nc2ccccc21. The molecule has 1 N–H and O–H groups in total. The molecule has 0 spiro atoms. The topological polar surface area (TPSA) is 42.7 Å². The van der Waals surface area contributed by atoms with E-state index < -0.39 is 0 Å². The highest BCUT2D eigenvalue weighted by Crippen LogP contribution is 2.18. The number of fused-ring (bicyclic) bond motifs is 1. The average Bonchev–Trinajstić information content (AvgIpc) is 2.85. The summed E-state index contributed by atoms with van der Waals surface area (Å²) in [4.78, 5) is 8.93. The van der Waals surface area contributed by atoms with E-state index in [4.69, 9.17) is 4.98 Å². The Kier molecular flexibility index (Phi) is 3.86. The largest absolute Gasteiger partial charge is 0.376 e. The molecule has 3 rings (SSSR count). The van der Waals surface area contributed by atoms with Crippen LogP contribution in [0.2, 0.25) is 0 Å². The van der Waals surface area contributed by atoms with Gasteiger partial charge >= 0.3 is 0 Å². The number of para-hydroxylation sites is 2. The van der Waals surface area contributed by atoms with Crippen LogP contribution in [0, 0.1) is 6.92 Å². The first-order chi connectivity index (χ1) is 10.3. The van der Waals surface area contributed by atoms with Gasteiger partial charge in [0.25, 0.3) is 0 Å². The third-order valence-electron chi connectivity index (χ3n) is 3.66. The first-order valence-corrected chi connectivity index (χ1v) is 7.38. The molecular weight excluding hydrogens is 260 g/mol. The number of nitrogens with zero attached hydrogens (tertiary/aromatic N) is 3. The van der Waals surface area contributed by atoms with Gasteiger partial charge in [-0.3, -0.25) is 4.98 Å². The summed E-state index contributed by atoms with van der Waals surface area (Å²) in [6, 6.07) is 10.3. The number of imidazole rings is 1. The Balaban J connectivity index is 1.89. The van der Waals surface area contributed by atoms with Crippen molar-refractivity contribution < 1.29 is 0 Å². The van der Waals surface area contributed by atoms with E-state index in [1.807, 2.05) is 24.5 Å². The van der Waals surface area contributed by atoms with Crippen LogP contribution < -0.4 is 5.32 Å². The zero-order chi connectivity index (χ0) is 14.7. The van der Waals surface area contributed by atoms with E-state index in [2.05, 4.69) is 46.9 Å². The van der Waals surface area contributed by atoms with Crippen LogP contribution in [0.15, 0.2) is 42.7 Å². The molecule has 0 bridgehead atoms. The highest BCUT2D eigenvalue weighted by molar-refractivity contribution is 5.76. The zero-order valence-corrected chi connectivity index (χ0v) is 12.5. The second kappa shape index (κ2) is 5.95. The summed E-state index contributed by atoms with van der Waals surface area (Å²) < 4.78 is 2.30. The smallest absolute Gasteiger partial charge is 0.129 e. The lowest BCUT2D eigenvalue weighted by Gasteiger charge is -2.11. The monoisotopic (exact) mass is 280 g/mol. The van der Waals surface area contributed by atoms with E-state index in [1.165, 1.54) is 11.1 Å².